The van der Waals surface area contributed by atoms with Gasteiger partial charge in [0, 0.05) is 10.2 Å². The molecule has 3 nitrogen and oxygen atoms in total. The van der Waals surface area contributed by atoms with Crippen LogP contribution in [0.4, 0.5) is 5.69 Å². The number of carbonyl (C=O) groups excluding carboxylic acids is 1. The van der Waals surface area contributed by atoms with Crippen LogP contribution < -0.4 is 11.1 Å². The van der Waals surface area contributed by atoms with E-state index < -0.39 is 0 Å². The SMILES string of the molecule is Cc1ccc(C(C)NC(=O)c2cc(Br)ccc2N)cc1. The first-order chi connectivity index (χ1) is 9.47. The van der Waals surface area contributed by atoms with Gasteiger partial charge >= 0.3 is 0 Å². The van der Waals surface area contributed by atoms with Crippen molar-refractivity contribution >= 4 is 27.5 Å². The summed E-state index contributed by atoms with van der Waals surface area (Å²) in [7, 11) is 0. The Kier molecular flexibility index (Phi) is 4.45. The van der Waals surface area contributed by atoms with Crippen molar-refractivity contribution in [2.24, 2.45) is 0 Å². The number of carbonyl (C=O) groups is 1. The van der Waals surface area contributed by atoms with Crippen molar-refractivity contribution in [2.75, 3.05) is 5.73 Å². The number of benzene rings is 2. The third-order valence-corrected chi connectivity index (χ3v) is 3.68. The number of nitrogens with two attached hydrogens (primary N) is 1. The first-order valence-electron chi connectivity index (χ1n) is 6.40. The minimum Gasteiger partial charge on any atom is -0.398 e. The molecule has 0 aromatic heterocycles. The molecule has 2 aromatic carbocycles. The van der Waals surface area contributed by atoms with Crippen molar-refractivity contribution in [3.63, 3.8) is 0 Å². The van der Waals surface area contributed by atoms with Crippen molar-refractivity contribution in [1.82, 2.24) is 5.32 Å². The van der Waals surface area contributed by atoms with Crippen LogP contribution in [-0.2, 0) is 0 Å². The highest BCUT2D eigenvalue weighted by molar-refractivity contribution is 9.10. The topological polar surface area (TPSA) is 55.1 Å². The average molecular weight is 333 g/mol. The second kappa shape index (κ2) is 6.09. The predicted octanol–water partition coefficient (Wildman–Crippen LogP) is 3.83. The van der Waals surface area contributed by atoms with Crippen LogP contribution in [-0.4, -0.2) is 5.91 Å². The Morgan fingerprint density at radius 3 is 2.50 bits per heavy atom. The van der Waals surface area contributed by atoms with Gasteiger partial charge in [0.1, 0.15) is 0 Å². The Labute approximate surface area is 127 Å². The van der Waals surface area contributed by atoms with Gasteiger partial charge < -0.3 is 11.1 Å². The van der Waals surface area contributed by atoms with Crippen LogP contribution in [0.25, 0.3) is 0 Å². The lowest BCUT2D eigenvalue weighted by Crippen LogP contribution is -2.27. The molecule has 1 unspecified atom stereocenters. The van der Waals surface area contributed by atoms with Crippen LogP contribution in [0.1, 0.15) is 34.5 Å². The maximum absolute atomic E-state index is 12.3. The largest absolute Gasteiger partial charge is 0.398 e. The number of amides is 1. The van der Waals surface area contributed by atoms with Gasteiger partial charge in [0.15, 0.2) is 0 Å². The van der Waals surface area contributed by atoms with Gasteiger partial charge in [0.05, 0.1) is 11.6 Å². The minimum atomic E-state index is -0.170. The summed E-state index contributed by atoms with van der Waals surface area (Å²) in [5.74, 6) is -0.170. The zero-order valence-corrected chi connectivity index (χ0v) is 13.1. The molecule has 0 aliphatic heterocycles. The molecule has 0 fully saturated rings. The predicted molar refractivity (Wildman–Crippen MR) is 85.6 cm³/mol. The smallest absolute Gasteiger partial charge is 0.253 e. The first-order valence-corrected chi connectivity index (χ1v) is 7.19. The normalized spacial score (nSPS) is 11.9. The maximum Gasteiger partial charge on any atom is 0.253 e. The van der Waals surface area contributed by atoms with Gasteiger partial charge in [-0.15, -0.1) is 0 Å². The van der Waals surface area contributed by atoms with Crippen molar-refractivity contribution in [1.29, 1.82) is 0 Å². The molecule has 2 aromatic rings. The lowest BCUT2D eigenvalue weighted by Gasteiger charge is -2.15. The summed E-state index contributed by atoms with van der Waals surface area (Å²) in [6, 6.07) is 13.3. The lowest BCUT2D eigenvalue weighted by atomic mass is 10.1. The Balaban J connectivity index is 2.15. The molecule has 0 saturated carbocycles. The molecular weight excluding hydrogens is 316 g/mol. The van der Waals surface area contributed by atoms with E-state index >= 15 is 0 Å². The van der Waals surface area contributed by atoms with E-state index in [0.29, 0.717) is 11.3 Å². The Bertz CT molecular complexity index is 623. The molecule has 0 spiro atoms. The summed E-state index contributed by atoms with van der Waals surface area (Å²) < 4.78 is 0.833. The maximum atomic E-state index is 12.3. The fourth-order valence-electron chi connectivity index (χ4n) is 1.94. The highest BCUT2D eigenvalue weighted by Gasteiger charge is 2.14. The van der Waals surface area contributed by atoms with Gasteiger partial charge in [-0.05, 0) is 37.6 Å². The number of anilines is 1. The van der Waals surface area contributed by atoms with Crippen LogP contribution in [0.3, 0.4) is 0 Å². The number of nitrogen functional groups attached to an aromatic ring is 1. The summed E-state index contributed by atoms with van der Waals surface area (Å²) in [4.78, 5) is 12.3. The quantitative estimate of drug-likeness (QED) is 0.839. The monoisotopic (exact) mass is 332 g/mol. The second-order valence-corrected chi connectivity index (χ2v) is 5.75. The molecule has 3 N–H and O–H groups in total. The molecule has 0 aliphatic rings. The molecule has 2 rings (SSSR count). The molecule has 1 atom stereocenters. The van der Waals surface area contributed by atoms with E-state index in [4.69, 9.17) is 5.73 Å². The highest BCUT2D eigenvalue weighted by Crippen LogP contribution is 2.20. The first kappa shape index (κ1) is 14.6. The van der Waals surface area contributed by atoms with E-state index in [1.54, 1.807) is 12.1 Å². The van der Waals surface area contributed by atoms with Gasteiger partial charge in [-0.1, -0.05) is 45.8 Å². The number of rotatable bonds is 3. The number of nitrogens with one attached hydrogen (secondary N) is 1. The van der Waals surface area contributed by atoms with E-state index in [9.17, 15) is 4.79 Å². The molecule has 4 heteroatoms. The molecule has 104 valence electrons. The minimum absolute atomic E-state index is 0.0681. The van der Waals surface area contributed by atoms with Crippen molar-refractivity contribution in [3.8, 4) is 0 Å². The molecule has 0 aliphatic carbocycles. The van der Waals surface area contributed by atoms with Crippen LogP contribution in [0, 0.1) is 6.92 Å². The average Bonchev–Trinajstić information content (AvgIpc) is 2.42. The molecule has 0 heterocycles. The van der Waals surface area contributed by atoms with Crippen molar-refractivity contribution in [2.45, 2.75) is 19.9 Å². The van der Waals surface area contributed by atoms with E-state index in [-0.39, 0.29) is 11.9 Å². The second-order valence-electron chi connectivity index (χ2n) is 4.84. The zero-order valence-electron chi connectivity index (χ0n) is 11.5. The lowest BCUT2D eigenvalue weighted by molar-refractivity contribution is 0.0940. The number of aryl methyl sites for hydroxylation is 1. The summed E-state index contributed by atoms with van der Waals surface area (Å²) in [6.45, 7) is 3.99. The fourth-order valence-corrected chi connectivity index (χ4v) is 2.30. The number of halogens is 1. The molecule has 0 bridgehead atoms. The number of hydrogen-bond donors (Lipinski definition) is 2. The van der Waals surface area contributed by atoms with Gasteiger partial charge in [-0.3, -0.25) is 4.79 Å². The molecule has 1 amide bonds. The van der Waals surface area contributed by atoms with Crippen molar-refractivity contribution < 1.29 is 4.79 Å². The Morgan fingerprint density at radius 2 is 1.85 bits per heavy atom. The molecule has 0 radical (unpaired) electrons. The summed E-state index contributed by atoms with van der Waals surface area (Å²) in [5.41, 5.74) is 9.07. The molecule has 0 saturated heterocycles. The van der Waals surface area contributed by atoms with Crippen LogP contribution in [0.2, 0.25) is 0 Å². The van der Waals surface area contributed by atoms with E-state index in [2.05, 4.69) is 21.2 Å². The number of hydrogen-bond acceptors (Lipinski definition) is 2. The summed E-state index contributed by atoms with van der Waals surface area (Å²) >= 11 is 3.35. The molecule has 20 heavy (non-hydrogen) atoms. The standard InChI is InChI=1S/C16H17BrN2O/c1-10-3-5-12(6-4-10)11(2)19-16(20)14-9-13(17)7-8-15(14)18/h3-9,11H,18H2,1-2H3,(H,19,20). The Hall–Kier alpha value is -1.81. The summed E-state index contributed by atoms with van der Waals surface area (Å²) in [5, 5.41) is 2.96. The van der Waals surface area contributed by atoms with Crippen LogP contribution in [0.5, 0.6) is 0 Å². The highest BCUT2D eigenvalue weighted by atomic mass is 79.9. The fraction of sp³-hybridized carbons (Fsp3) is 0.188. The third kappa shape index (κ3) is 3.39. The van der Waals surface area contributed by atoms with E-state index in [1.165, 1.54) is 5.56 Å². The van der Waals surface area contributed by atoms with Crippen LogP contribution in [0.15, 0.2) is 46.9 Å². The molecular formula is C16H17BrN2O. The van der Waals surface area contributed by atoms with Crippen molar-refractivity contribution in [3.05, 3.63) is 63.6 Å². The van der Waals surface area contributed by atoms with Gasteiger partial charge in [0.2, 0.25) is 0 Å². The van der Waals surface area contributed by atoms with E-state index in [1.807, 2.05) is 44.2 Å². The van der Waals surface area contributed by atoms with Gasteiger partial charge in [-0.2, -0.15) is 0 Å². The van der Waals surface area contributed by atoms with E-state index in [0.717, 1.165) is 10.0 Å². The third-order valence-electron chi connectivity index (χ3n) is 3.18. The van der Waals surface area contributed by atoms with Gasteiger partial charge in [0.25, 0.3) is 5.91 Å². The zero-order chi connectivity index (χ0) is 14.7. The van der Waals surface area contributed by atoms with Crippen LogP contribution >= 0.6 is 15.9 Å². The van der Waals surface area contributed by atoms with Gasteiger partial charge in [-0.25, -0.2) is 0 Å². The summed E-state index contributed by atoms with van der Waals surface area (Å²) in [6.07, 6.45) is 0. The Morgan fingerprint density at radius 1 is 1.20 bits per heavy atom.